The number of hydrogen-bond acceptors (Lipinski definition) is 4. The highest BCUT2D eigenvalue weighted by molar-refractivity contribution is 5.50. The molecule has 0 unspecified atom stereocenters. The van der Waals surface area contributed by atoms with E-state index in [2.05, 4.69) is 26.8 Å². The lowest BCUT2D eigenvalue weighted by Crippen LogP contribution is -2.20. The quantitative estimate of drug-likeness (QED) is 0.785. The van der Waals surface area contributed by atoms with Crippen LogP contribution < -0.4 is 10.2 Å². The lowest BCUT2D eigenvalue weighted by Gasteiger charge is -2.17. The maximum atomic E-state index is 4.47. The molecule has 0 aromatic carbocycles. The van der Waals surface area contributed by atoms with Crippen molar-refractivity contribution < 1.29 is 0 Å². The third-order valence-corrected chi connectivity index (χ3v) is 2.68. The molecule has 1 saturated heterocycles. The zero-order valence-electron chi connectivity index (χ0n) is 9.74. The van der Waals surface area contributed by atoms with Gasteiger partial charge < -0.3 is 10.2 Å². The fourth-order valence-corrected chi connectivity index (χ4v) is 1.93. The topological polar surface area (TPSA) is 41.0 Å². The predicted molar refractivity (Wildman–Crippen MR) is 66.9 cm³/mol. The number of aryl methyl sites for hydroxylation is 1. The van der Waals surface area contributed by atoms with Crippen LogP contribution >= 0.6 is 0 Å². The average Bonchev–Trinajstić information content (AvgIpc) is 2.79. The Hall–Kier alpha value is -1.58. The first-order valence-corrected chi connectivity index (χ1v) is 5.75. The van der Waals surface area contributed by atoms with Crippen LogP contribution in [0.2, 0.25) is 0 Å². The normalized spacial score (nSPS) is 15.2. The molecule has 4 nitrogen and oxygen atoms in total. The zero-order chi connectivity index (χ0) is 11.4. The van der Waals surface area contributed by atoms with Gasteiger partial charge in [-0.1, -0.05) is 6.08 Å². The average molecular weight is 218 g/mol. The van der Waals surface area contributed by atoms with Crippen LogP contribution in [0.1, 0.15) is 18.7 Å². The van der Waals surface area contributed by atoms with Gasteiger partial charge in [-0.2, -0.15) is 0 Å². The summed E-state index contributed by atoms with van der Waals surface area (Å²) in [6.07, 6.45) is 4.35. The van der Waals surface area contributed by atoms with Crippen molar-refractivity contribution in [1.82, 2.24) is 9.97 Å². The third kappa shape index (κ3) is 2.51. The molecule has 1 aliphatic heterocycles. The first-order valence-electron chi connectivity index (χ1n) is 5.75. The Morgan fingerprint density at radius 1 is 1.44 bits per heavy atom. The molecule has 1 aromatic rings. The van der Waals surface area contributed by atoms with Crippen LogP contribution in [0.5, 0.6) is 0 Å². The van der Waals surface area contributed by atoms with Crippen LogP contribution in [0.15, 0.2) is 18.7 Å². The van der Waals surface area contributed by atoms with E-state index in [0.717, 1.165) is 37.1 Å². The number of nitrogens with one attached hydrogen (secondary N) is 1. The molecule has 4 heteroatoms. The molecule has 1 fully saturated rings. The van der Waals surface area contributed by atoms with Gasteiger partial charge in [-0.05, 0) is 19.8 Å². The van der Waals surface area contributed by atoms with E-state index >= 15 is 0 Å². The van der Waals surface area contributed by atoms with Crippen LogP contribution in [0, 0.1) is 6.92 Å². The number of anilines is 2. The molecule has 0 radical (unpaired) electrons. The summed E-state index contributed by atoms with van der Waals surface area (Å²) in [5.41, 5.74) is 0. The van der Waals surface area contributed by atoms with E-state index in [1.54, 1.807) is 0 Å². The zero-order valence-corrected chi connectivity index (χ0v) is 9.74. The fourth-order valence-electron chi connectivity index (χ4n) is 1.93. The second kappa shape index (κ2) is 4.96. The van der Waals surface area contributed by atoms with E-state index in [1.807, 2.05) is 19.1 Å². The van der Waals surface area contributed by atoms with Gasteiger partial charge in [0.2, 0.25) is 0 Å². The van der Waals surface area contributed by atoms with Crippen molar-refractivity contribution in [2.24, 2.45) is 0 Å². The van der Waals surface area contributed by atoms with E-state index in [-0.39, 0.29) is 0 Å². The Kier molecular flexibility index (Phi) is 3.39. The summed E-state index contributed by atoms with van der Waals surface area (Å²) in [4.78, 5) is 11.1. The molecule has 0 atom stereocenters. The Morgan fingerprint density at radius 2 is 2.19 bits per heavy atom. The monoisotopic (exact) mass is 218 g/mol. The largest absolute Gasteiger partial charge is 0.366 e. The third-order valence-electron chi connectivity index (χ3n) is 2.68. The molecule has 0 aliphatic carbocycles. The maximum Gasteiger partial charge on any atom is 0.134 e. The number of nitrogens with zero attached hydrogens (tertiary/aromatic N) is 3. The van der Waals surface area contributed by atoms with Crippen LogP contribution in [0.25, 0.3) is 0 Å². The number of rotatable bonds is 4. The van der Waals surface area contributed by atoms with E-state index < -0.39 is 0 Å². The van der Waals surface area contributed by atoms with Gasteiger partial charge in [0.25, 0.3) is 0 Å². The van der Waals surface area contributed by atoms with E-state index in [0.29, 0.717) is 0 Å². The summed E-state index contributed by atoms with van der Waals surface area (Å²) in [6, 6.07) is 2.02. The summed E-state index contributed by atoms with van der Waals surface area (Å²) in [7, 11) is 0. The van der Waals surface area contributed by atoms with Gasteiger partial charge in [-0.25, -0.2) is 9.97 Å². The summed E-state index contributed by atoms with van der Waals surface area (Å²) in [5, 5.41) is 3.20. The highest BCUT2D eigenvalue weighted by Gasteiger charge is 2.14. The fraction of sp³-hybridized carbons (Fsp3) is 0.500. The van der Waals surface area contributed by atoms with Crippen molar-refractivity contribution in [3.63, 3.8) is 0 Å². The lowest BCUT2D eigenvalue weighted by molar-refractivity contribution is 0.910. The minimum Gasteiger partial charge on any atom is -0.366 e. The highest BCUT2D eigenvalue weighted by Crippen LogP contribution is 2.20. The van der Waals surface area contributed by atoms with Crippen molar-refractivity contribution in [2.75, 3.05) is 29.9 Å². The lowest BCUT2D eigenvalue weighted by atomic mass is 10.4. The standard InChI is InChI=1S/C12H18N4/c1-3-6-13-11-9-12(15-10(2)14-11)16-7-4-5-8-16/h3,9H,1,4-8H2,2H3,(H,13,14,15). The van der Waals surface area contributed by atoms with Crippen LogP contribution in [-0.2, 0) is 0 Å². The van der Waals surface area contributed by atoms with Gasteiger partial charge in [0.05, 0.1) is 0 Å². The molecular weight excluding hydrogens is 200 g/mol. The molecule has 0 spiro atoms. The summed E-state index contributed by atoms with van der Waals surface area (Å²) >= 11 is 0. The van der Waals surface area contributed by atoms with E-state index in [9.17, 15) is 0 Å². The van der Waals surface area contributed by atoms with Gasteiger partial charge in [-0.15, -0.1) is 6.58 Å². The Morgan fingerprint density at radius 3 is 2.88 bits per heavy atom. The molecule has 0 amide bonds. The second-order valence-electron chi connectivity index (χ2n) is 4.02. The van der Waals surface area contributed by atoms with Gasteiger partial charge in [0.15, 0.2) is 0 Å². The minimum absolute atomic E-state index is 0.732. The molecular formula is C12H18N4. The molecule has 86 valence electrons. The molecule has 2 rings (SSSR count). The molecule has 1 aliphatic rings. The number of aromatic nitrogens is 2. The molecule has 1 N–H and O–H groups in total. The van der Waals surface area contributed by atoms with Crippen LogP contribution in [-0.4, -0.2) is 29.6 Å². The van der Waals surface area contributed by atoms with Crippen molar-refractivity contribution in [3.8, 4) is 0 Å². The Bertz CT molecular complexity index is 369. The molecule has 1 aromatic heterocycles. The minimum atomic E-state index is 0.732. The van der Waals surface area contributed by atoms with Crippen molar-refractivity contribution in [1.29, 1.82) is 0 Å². The first kappa shape index (κ1) is 10.9. The SMILES string of the molecule is C=CCNc1cc(N2CCCC2)nc(C)n1. The van der Waals surface area contributed by atoms with Gasteiger partial charge in [0.1, 0.15) is 17.5 Å². The maximum absolute atomic E-state index is 4.47. The van der Waals surface area contributed by atoms with Crippen LogP contribution in [0.4, 0.5) is 11.6 Å². The Labute approximate surface area is 96.4 Å². The van der Waals surface area contributed by atoms with Gasteiger partial charge in [-0.3, -0.25) is 0 Å². The van der Waals surface area contributed by atoms with E-state index in [4.69, 9.17) is 0 Å². The second-order valence-corrected chi connectivity index (χ2v) is 4.02. The van der Waals surface area contributed by atoms with Crippen molar-refractivity contribution >= 4 is 11.6 Å². The molecule has 0 saturated carbocycles. The summed E-state index contributed by atoms with van der Waals surface area (Å²) < 4.78 is 0. The van der Waals surface area contributed by atoms with Gasteiger partial charge in [0, 0.05) is 25.7 Å². The summed E-state index contributed by atoms with van der Waals surface area (Å²) in [5.74, 6) is 2.74. The molecule has 0 bridgehead atoms. The van der Waals surface area contributed by atoms with Crippen LogP contribution in [0.3, 0.4) is 0 Å². The van der Waals surface area contributed by atoms with Crippen molar-refractivity contribution in [2.45, 2.75) is 19.8 Å². The predicted octanol–water partition coefficient (Wildman–Crippen LogP) is 1.98. The Balaban J connectivity index is 2.17. The summed E-state index contributed by atoms with van der Waals surface area (Å²) in [6.45, 7) is 8.56. The first-order chi connectivity index (χ1) is 7.79. The number of hydrogen-bond donors (Lipinski definition) is 1. The highest BCUT2D eigenvalue weighted by atomic mass is 15.2. The van der Waals surface area contributed by atoms with E-state index in [1.165, 1.54) is 12.8 Å². The molecule has 16 heavy (non-hydrogen) atoms. The smallest absolute Gasteiger partial charge is 0.134 e. The molecule has 2 heterocycles. The van der Waals surface area contributed by atoms with Crippen molar-refractivity contribution in [3.05, 3.63) is 24.5 Å². The van der Waals surface area contributed by atoms with Gasteiger partial charge >= 0.3 is 0 Å².